The van der Waals surface area contributed by atoms with Crippen molar-refractivity contribution in [3.63, 3.8) is 0 Å². The minimum absolute atomic E-state index is 0.301. The van der Waals surface area contributed by atoms with E-state index in [1.165, 1.54) is 22.1 Å². The van der Waals surface area contributed by atoms with Gasteiger partial charge in [-0.3, -0.25) is 9.88 Å². The quantitative estimate of drug-likeness (QED) is 0.423. The average Bonchev–Trinajstić information content (AvgIpc) is 2.74. The van der Waals surface area contributed by atoms with Crippen LogP contribution in [0.25, 0.3) is 10.9 Å². The third-order valence-corrected chi connectivity index (χ3v) is 5.11. The molecule has 0 amide bonds. The van der Waals surface area contributed by atoms with Crippen LogP contribution in [0.15, 0.2) is 97.2 Å². The smallest absolute Gasteiger partial charge is 0.0702 e. The second kappa shape index (κ2) is 8.15. The number of rotatable bonds is 6. The molecule has 1 atom stereocenters. The van der Waals surface area contributed by atoms with E-state index < -0.39 is 0 Å². The van der Waals surface area contributed by atoms with E-state index in [2.05, 4.69) is 102 Å². The molecule has 0 aliphatic rings. The van der Waals surface area contributed by atoms with Gasteiger partial charge in [-0.05, 0) is 41.8 Å². The van der Waals surface area contributed by atoms with E-state index in [1.54, 1.807) is 0 Å². The zero-order valence-corrected chi connectivity index (χ0v) is 15.6. The largest absolute Gasteiger partial charge is 0.288 e. The highest BCUT2D eigenvalue weighted by molar-refractivity contribution is 5.79. The number of fused-ring (bicyclic) bond motifs is 1. The minimum atomic E-state index is 0.301. The Balaban J connectivity index is 1.64. The Hall–Kier alpha value is -2.97. The standard InChI is InChI=1S/C25H24N2/c1-20(23-14-15-25-24(17-23)13-8-16-26-25)27(18-21-9-4-2-5-10-21)19-22-11-6-3-7-12-22/h2-17,20H,18-19H2,1H3/t20-/m0/s1. The summed E-state index contributed by atoms with van der Waals surface area (Å²) in [7, 11) is 0. The average molecular weight is 352 g/mol. The van der Waals surface area contributed by atoms with E-state index in [1.807, 2.05) is 12.3 Å². The van der Waals surface area contributed by atoms with Crippen molar-refractivity contribution in [3.05, 3.63) is 114 Å². The van der Waals surface area contributed by atoms with E-state index in [-0.39, 0.29) is 0 Å². The zero-order valence-electron chi connectivity index (χ0n) is 15.6. The van der Waals surface area contributed by atoms with Gasteiger partial charge in [0.15, 0.2) is 0 Å². The van der Waals surface area contributed by atoms with Crippen molar-refractivity contribution < 1.29 is 0 Å². The van der Waals surface area contributed by atoms with Crippen molar-refractivity contribution in [2.24, 2.45) is 0 Å². The number of benzene rings is 3. The van der Waals surface area contributed by atoms with E-state index in [0.717, 1.165) is 18.6 Å². The van der Waals surface area contributed by atoms with Gasteiger partial charge in [0.05, 0.1) is 5.52 Å². The van der Waals surface area contributed by atoms with Gasteiger partial charge in [0.1, 0.15) is 0 Å². The fraction of sp³-hybridized carbons (Fsp3) is 0.160. The first kappa shape index (κ1) is 17.4. The number of hydrogen-bond donors (Lipinski definition) is 0. The summed E-state index contributed by atoms with van der Waals surface area (Å²) < 4.78 is 0. The summed E-state index contributed by atoms with van der Waals surface area (Å²) >= 11 is 0. The summed E-state index contributed by atoms with van der Waals surface area (Å²) in [4.78, 5) is 6.98. The van der Waals surface area contributed by atoms with Crippen LogP contribution in [0.4, 0.5) is 0 Å². The van der Waals surface area contributed by atoms with Crippen LogP contribution >= 0.6 is 0 Å². The molecule has 0 aliphatic carbocycles. The van der Waals surface area contributed by atoms with Gasteiger partial charge < -0.3 is 0 Å². The molecule has 0 saturated carbocycles. The van der Waals surface area contributed by atoms with Gasteiger partial charge >= 0.3 is 0 Å². The van der Waals surface area contributed by atoms with Crippen LogP contribution in [-0.4, -0.2) is 9.88 Å². The fourth-order valence-corrected chi connectivity index (χ4v) is 3.53. The van der Waals surface area contributed by atoms with Gasteiger partial charge in [-0.1, -0.05) is 72.8 Å². The van der Waals surface area contributed by atoms with Gasteiger partial charge in [-0.15, -0.1) is 0 Å². The Bertz CT molecular complexity index is 955. The molecule has 0 spiro atoms. The Morgan fingerprint density at radius 1 is 0.741 bits per heavy atom. The van der Waals surface area contributed by atoms with Gasteiger partial charge in [-0.25, -0.2) is 0 Å². The highest BCUT2D eigenvalue weighted by atomic mass is 15.1. The van der Waals surface area contributed by atoms with Crippen molar-refractivity contribution in [2.75, 3.05) is 0 Å². The van der Waals surface area contributed by atoms with Crippen molar-refractivity contribution in [3.8, 4) is 0 Å². The predicted octanol–water partition coefficient (Wildman–Crippen LogP) is 6.00. The lowest BCUT2D eigenvalue weighted by molar-refractivity contribution is 0.192. The van der Waals surface area contributed by atoms with Crippen LogP contribution < -0.4 is 0 Å². The molecule has 3 aromatic carbocycles. The van der Waals surface area contributed by atoms with Crippen LogP contribution in [0, 0.1) is 0 Å². The molecule has 0 N–H and O–H groups in total. The van der Waals surface area contributed by atoms with Crippen molar-refractivity contribution >= 4 is 10.9 Å². The number of pyridine rings is 1. The summed E-state index contributed by atoms with van der Waals surface area (Å²) in [5.74, 6) is 0. The monoisotopic (exact) mass is 352 g/mol. The lowest BCUT2D eigenvalue weighted by Gasteiger charge is -2.30. The molecule has 0 bridgehead atoms. The van der Waals surface area contributed by atoms with Gasteiger partial charge in [0.2, 0.25) is 0 Å². The van der Waals surface area contributed by atoms with Crippen LogP contribution in [-0.2, 0) is 13.1 Å². The molecular formula is C25H24N2. The molecule has 1 heterocycles. The van der Waals surface area contributed by atoms with Crippen molar-refractivity contribution in [1.29, 1.82) is 0 Å². The summed E-state index contributed by atoms with van der Waals surface area (Å²) in [5.41, 5.74) is 5.04. The zero-order chi connectivity index (χ0) is 18.5. The summed E-state index contributed by atoms with van der Waals surface area (Å²) in [5, 5.41) is 1.20. The third kappa shape index (κ3) is 4.24. The molecule has 4 aromatic rings. The Labute approximate surface area is 161 Å². The lowest BCUT2D eigenvalue weighted by atomic mass is 10.0. The van der Waals surface area contributed by atoms with Gasteiger partial charge in [0, 0.05) is 30.7 Å². The van der Waals surface area contributed by atoms with Crippen molar-refractivity contribution in [2.45, 2.75) is 26.1 Å². The maximum Gasteiger partial charge on any atom is 0.0702 e. The van der Waals surface area contributed by atoms with Crippen LogP contribution in [0.1, 0.15) is 29.7 Å². The lowest BCUT2D eigenvalue weighted by Crippen LogP contribution is -2.26. The molecule has 2 heteroatoms. The maximum absolute atomic E-state index is 4.45. The fourth-order valence-electron chi connectivity index (χ4n) is 3.53. The highest BCUT2D eigenvalue weighted by Gasteiger charge is 2.17. The number of aromatic nitrogens is 1. The summed E-state index contributed by atoms with van der Waals surface area (Å²) in [6.07, 6.45) is 1.85. The second-order valence-electron chi connectivity index (χ2n) is 7.01. The molecule has 2 nitrogen and oxygen atoms in total. The first-order valence-electron chi connectivity index (χ1n) is 9.46. The van der Waals surface area contributed by atoms with Gasteiger partial charge in [0.25, 0.3) is 0 Å². The normalized spacial score (nSPS) is 12.4. The molecule has 1 aromatic heterocycles. The Morgan fingerprint density at radius 2 is 1.37 bits per heavy atom. The molecule has 27 heavy (non-hydrogen) atoms. The molecule has 0 radical (unpaired) electrons. The number of hydrogen-bond acceptors (Lipinski definition) is 2. The maximum atomic E-state index is 4.45. The summed E-state index contributed by atoms with van der Waals surface area (Å²) in [6, 6.07) is 32.5. The molecule has 134 valence electrons. The van der Waals surface area contributed by atoms with Gasteiger partial charge in [-0.2, -0.15) is 0 Å². The molecule has 0 aliphatic heterocycles. The Kier molecular flexibility index (Phi) is 5.27. The SMILES string of the molecule is C[C@@H](c1ccc2ncccc2c1)N(Cc1ccccc1)Cc1ccccc1. The van der Waals surface area contributed by atoms with Crippen LogP contribution in [0.3, 0.4) is 0 Å². The molecule has 0 unspecified atom stereocenters. The van der Waals surface area contributed by atoms with Crippen molar-refractivity contribution in [1.82, 2.24) is 9.88 Å². The highest BCUT2D eigenvalue weighted by Crippen LogP contribution is 2.27. The number of nitrogens with zero attached hydrogens (tertiary/aromatic N) is 2. The van der Waals surface area contributed by atoms with Crippen LogP contribution in [0.2, 0.25) is 0 Å². The molecule has 0 saturated heterocycles. The first-order valence-corrected chi connectivity index (χ1v) is 9.46. The molecule has 4 rings (SSSR count). The summed E-state index contributed by atoms with van der Waals surface area (Å²) in [6.45, 7) is 4.13. The van der Waals surface area contributed by atoms with E-state index in [4.69, 9.17) is 0 Å². The third-order valence-electron chi connectivity index (χ3n) is 5.11. The second-order valence-corrected chi connectivity index (χ2v) is 7.01. The van der Waals surface area contributed by atoms with E-state index in [0.29, 0.717) is 6.04 Å². The van der Waals surface area contributed by atoms with E-state index >= 15 is 0 Å². The topological polar surface area (TPSA) is 16.1 Å². The Morgan fingerprint density at radius 3 is 2.00 bits per heavy atom. The molecular weight excluding hydrogens is 328 g/mol. The minimum Gasteiger partial charge on any atom is -0.288 e. The van der Waals surface area contributed by atoms with Crippen LogP contribution in [0.5, 0.6) is 0 Å². The first-order chi connectivity index (χ1) is 13.3. The van der Waals surface area contributed by atoms with E-state index in [9.17, 15) is 0 Å². The molecule has 0 fully saturated rings. The predicted molar refractivity (Wildman–Crippen MR) is 112 cm³/mol.